The fourth-order valence-electron chi connectivity index (χ4n) is 2.86. The summed E-state index contributed by atoms with van der Waals surface area (Å²) < 4.78 is 19.7. The van der Waals surface area contributed by atoms with E-state index in [1.807, 2.05) is 81.4 Å². The summed E-state index contributed by atoms with van der Waals surface area (Å²) in [5, 5.41) is 6.19. The van der Waals surface area contributed by atoms with E-state index in [4.69, 9.17) is 4.52 Å². The summed E-state index contributed by atoms with van der Waals surface area (Å²) in [5.74, 6) is 0.552. The highest BCUT2D eigenvalue weighted by molar-refractivity contribution is 7.62. The summed E-state index contributed by atoms with van der Waals surface area (Å²) >= 11 is 0. The van der Waals surface area contributed by atoms with Crippen LogP contribution in [0.1, 0.15) is 27.8 Å². The number of aryl methyl sites for hydroxylation is 5. The van der Waals surface area contributed by atoms with E-state index in [-0.39, 0.29) is 0 Å². The van der Waals surface area contributed by atoms with Gasteiger partial charge in [-0.25, -0.2) is 4.57 Å². The molecule has 0 bridgehead atoms. The van der Waals surface area contributed by atoms with Crippen molar-refractivity contribution in [2.24, 2.45) is 0 Å². The first-order valence-corrected chi connectivity index (χ1v) is 10.9. The molecule has 146 valence electrons. The lowest BCUT2D eigenvalue weighted by Crippen LogP contribution is -2.12. The van der Waals surface area contributed by atoms with Gasteiger partial charge in [0.15, 0.2) is 0 Å². The molecule has 0 spiro atoms. The van der Waals surface area contributed by atoms with Gasteiger partial charge in [0.25, 0.3) is 0 Å². The second-order valence-electron chi connectivity index (χ2n) is 7.28. The molecular weight excluding hydrogens is 367 g/mol. The molecule has 0 aromatic heterocycles. The summed E-state index contributed by atoms with van der Waals surface area (Å²) in [7, 11) is -3.47. The van der Waals surface area contributed by atoms with E-state index >= 15 is 0 Å². The molecule has 2 N–H and O–H groups in total. The first-order valence-electron chi connectivity index (χ1n) is 9.31. The minimum Gasteiger partial charge on any atom is -0.414 e. The minimum atomic E-state index is -3.47. The first kappa shape index (κ1) is 20.0. The fraction of sp³-hybridized carbons (Fsp3) is 0.217. The zero-order chi connectivity index (χ0) is 20.3. The molecule has 0 aliphatic carbocycles. The number of hydrogen-bond donors (Lipinski definition) is 2. The van der Waals surface area contributed by atoms with Crippen molar-refractivity contribution in [2.75, 3.05) is 10.2 Å². The highest BCUT2D eigenvalue weighted by Gasteiger charge is 2.26. The maximum Gasteiger partial charge on any atom is 0.444 e. The fourth-order valence-corrected chi connectivity index (χ4v) is 4.37. The van der Waals surface area contributed by atoms with Gasteiger partial charge in [-0.3, -0.25) is 10.2 Å². The predicted molar refractivity (Wildman–Crippen MR) is 118 cm³/mol. The van der Waals surface area contributed by atoms with Crippen LogP contribution in [0.25, 0.3) is 0 Å². The Kier molecular flexibility index (Phi) is 5.81. The zero-order valence-corrected chi connectivity index (χ0v) is 17.9. The summed E-state index contributed by atoms with van der Waals surface area (Å²) in [5.41, 5.74) is 7.15. The molecule has 3 aromatic carbocycles. The van der Waals surface area contributed by atoms with Gasteiger partial charge >= 0.3 is 7.67 Å². The van der Waals surface area contributed by atoms with Crippen LogP contribution in [-0.4, -0.2) is 0 Å². The molecule has 0 saturated heterocycles. The second kappa shape index (κ2) is 8.12. The lowest BCUT2D eigenvalue weighted by atomic mass is 10.1. The molecule has 5 heteroatoms. The van der Waals surface area contributed by atoms with Gasteiger partial charge in [-0.2, -0.15) is 0 Å². The molecule has 0 atom stereocenters. The summed E-state index contributed by atoms with van der Waals surface area (Å²) in [4.78, 5) is 0. The third-order valence-electron chi connectivity index (χ3n) is 4.79. The Labute approximate surface area is 167 Å². The van der Waals surface area contributed by atoms with Gasteiger partial charge in [-0.05, 0) is 98.8 Å². The van der Waals surface area contributed by atoms with Crippen molar-refractivity contribution < 1.29 is 9.09 Å². The van der Waals surface area contributed by atoms with Crippen LogP contribution < -0.4 is 14.7 Å². The van der Waals surface area contributed by atoms with Crippen molar-refractivity contribution in [2.45, 2.75) is 34.6 Å². The summed E-state index contributed by atoms with van der Waals surface area (Å²) in [6, 6.07) is 19.3. The largest absolute Gasteiger partial charge is 0.444 e. The lowest BCUT2D eigenvalue weighted by molar-refractivity contribution is 0.492. The molecule has 0 unspecified atom stereocenters. The van der Waals surface area contributed by atoms with Crippen LogP contribution in [0, 0.1) is 34.6 Å². The van der Waals surface area contributed by atoms with Gasteiger partial charge in [0.05, 0.1) is 0 Å². The van der Waals surface area contributed by atoms with Crippen LogP contribution in [0.3, 0.4) is 0 Å². The van der Waals surface area contributed by atoms with Gasteiger partial charge in [-0.15, -0.1) is 0 Å². The Bertz CT molecular complexity index is 989. The number of rotatable bonds is 6. The van der Waals surface area contributed by atoms with E-state index in [0.29, 0.717) is 5.75 Å². The maximum absolute atomic E-state index is 13.8. The number of anilines is 2. The van der Waals surface area contributed by atoms with E-state index in [2.05, 4.69) is 24.0 Å². The average Bonchev–Trinajstić information content (AvgIpc) is 2.61. The van der Waals surface area contributed by atoms with Crippen molar-refractivity contribution in [1.82, 2.24) is 0 Å². The molecule has 4 nitrogen and oxygen atoms in total. The topological polar surface area (TPSA) is 50.4 Å². The SMILES string of the molecule is Cc1cccc(OP(=O)(Nc2ccc(C)c(C)c2)Nc2ccc(C)c(C)c2)c1. The smallest absolute Gasteiger partial charge is 0.414 e. The molecule has 0 aliphatic rings. The van der Waals surface area contributed by atoms with Crippen molar-refractivity contribution in [3.05, 3.63) is 88.5 Å². The predicted octanol–water partition coefficient (Wildman–Crippen LogP) is 6.94. The van der Waals surface area contributed by atoms with E-state index in [1.165, 1.54) is 11.1 Å². The summed E-state index contributed by atoms with van der Waals surface area (Å²) in [6.07, 6.45) is 0. The van der Waals surface area contributed by atoms with Crippen LogP contribution in [0.15, 0.2) is 60.7 Å². The second-order valence-corrected chi connectivity index (χ2v) is 9.01. The molecule has 0 heterocycles. The van der Waals surface area contributed by atoms with E-state index in [0.717, 1.165) is 28.1 Å². The average molecular weight is 394 g/mol. The highest BCUT2D eigenvalue weighted by atomic mass is 31.2. The molecule has 0 amide bonds. The number of benzene rings is 3. The monoisotopic (exact) mass is 394 g/mol. The van der Waals surface area contributed by atoms with Crippen molar-refractivity contribution in [3.8, 4) is 5.75 Å². The molecular formula is C23H27N2O2P. The first-order chi connectivity index (χ1) is 13.2. The van der Waals surface area contributed by atoms with Gasteiger partial charge in [0, 0.05) is 11.4 Å². The van der Waals surface area contributed by atoms with Crippen LogP contribution in [0.4, 0.5) is 11.4 Å². The molecule has 0 saturated carbocycles. The lowest BCUT2D eigenvalue weighted by Gasteiger charge is -2.23. The number of hydrogen-bond acceptors (Lipinski definition) is 2. The quantitative estimate of drug-likeness (QED) is 0.445. The maximum atomic E-state index is 13.8. The standard InChI is InChI=1S/C23H27N2O2P/c1-16-7-6-8-23(13-16)27-28(26,24-21-11-9-17(2)19(4)14-21)25-22-12-10-18(3)20(5)15-22/h6-15H,1-5H3,(H2,24,25,26). The Morgan fingerprint density at radius 2 is 1.21 bits per heavy atom. The molecule has 3 aromatic rings. The molecule has 3 rings (SSSR count). The number of nitrogens with one attached hydrogen (secondary N) is 2. The Hall–Kier alpha value is -2.71. The van der Waals surface area contributed by atoms with E-state index in [9.17, 15) is 4.57 Å². The Morgan fingerprint density at radius 1 is 0.679 bits per heavy atom. The normalized spacial score (nSPS) is 11.2. The van der Waals surface area contributed by atoms with Crippen LogP contribution in [0.5, 0.6) is 5.75 Å². The third kappa shape index (κ3) is 4.96. The van der Waals surface area contributed by atoms with Crippen molar-refractivity contribution in [1.29, 1.82) is 0 Å². The molecule has 0 aliphatic heterocycles. The minimum absolute atomic E-state index is 0.552. The third-order valence-corrected chi connectivity index (χ3v) is 6.36. The van der Waals surface area contributed by atoms with Gasteiger partial charge < -0.3 is 4.52 Å². The molecule has 0 radical (unpaired) electrons. The Morgan fingerprint density at radius 3 is 1.68 bits per heavy atom. The van der Waals surface area contributed by atoms with E-state index < -0.39 is 7.67 Å². The van der Waals surface area contributed by atoms with Crippen LogP contribution in [-0.2, 0) is 4.57 Å². The van der Waals surface area contributed by atoms with Crippen molar-refractivity contribution >= 4 is 19.0 Å². The summed E-state index contributed by atoms with van der Waals surface area (Å²) in [6.45, 7) is 10.1. The Balaban J connectivity index is 1.94. The molecule has 0 fully saturated rings. The van der Waals surface area contributed by atoms with Gasteiger partial charge in [0.2, 0.25) is 0 Å². The zero-order valence-electron chi connectivity index (χ0n) is 17.0. The highest BCUT2D eigenvalue weighted by Crippen LogP contribution is 2.47. The van der Waals surface area contributed by atoms with Crippen molar-refractivity contribution in [3.63, 3.8) is 0 Å². The van der Waals surface area contributed by atoms with Gasteiger partial charge in [0.1, 0.15) is 5.75 Å². The van der Waals surface area contributed by atoms with Crippen LogP contribution >= 0.6 is 7.67 Å². The van der Waals surface area contributed by atoms with Gasteiger partial charge in [-0.1, -0.05) is 24.3 Å². The van der Waals surface area contributed by atoms with E-state index in [1.54, 1.807) is 0 Å². The van der Waals surface area contributed by atoms with Crippen LogP contribution in [0.2, 0.25) is 0 Å². The molecule has 28 heavy (non-hydrogen) atoms.